The Kier molecular flexibility index (Phi) is 4.70. The Bertz CT molecular complexity index is 802. The van der Waals surface area contributed by atoms with Gasteiger partial charge in [0.05, 0.1) is 38.3 Å². The molecule has 1 aromatic carbocycles. The smallest absolute Gasteiger partial charge is 0.312 e. The molecule has 0 unspecified atom stereocenters. The predicted molar refractivity (Wildman–Crippen MR) is 103 cm³/mol. The van der Waals surface area contributed by atoms with E-state index in [9.17, 15) is 9.59 Å². The van der Waals surface area contributed by atoms with Crippen molar-refractivity contribution in [2.75, 3.05) is 20.3 Å². The normalized spacial score (nSPS) is 31.4. The molecule has 6 nitrogen and oxygen atoms in total. The summed E-state index contributed by atoms with van der Waals surface area (Å²) in [4.78, 5) is 27.9. The van der Waals surface area contributed by atoms with Crippen molar-refractivity contribution in [2.45, 2.75) is 38.5 Å². The van der Waals surface area contributed by atoms with Crippen LogP contribution in [0, 0.1) is 17.8 Å². The van der Waals surface area contributed by atoms with Gasteiger partial charge in [-0.3, -0.25) is 9.59 Å². The molecule has 1 aromatic rings. The van der Waals surface area contributed by atoms with E-state index in [0.717, 1.165) is 11.3 Å². The second kappa shape index (κ2) is 6.92. The van der Waals surface area contributed by atoms with Crippen molar-refractivity contribution in [2.24, 2.45) is 17.8 Å². The van der Waals surface area contributed by atoms with Crippen LogP contribution in [-0.4, -0.2) is 48.7 Å². The zero-order valence-electron chi connectivity index (χ0n) is 16.8. The maximum absolute atomic E-state index is 13.3. The second-order valence-corrected chi connectivity index (χ2v) is 8.34. The molecule has 0 N–H and O–H groups in total. The van der Waals surface area contributed by atoms with E-state index in [1.54, 1.807) is 7.11 Å². The number of nitrogens with zero attached hydrogens (tertiary/aromatic N) is 1. The molecule has 28 heavy (non-hydrogen) atoms. The molecule has 2 saturated heterocycles. The van der Waals surface area contributed by atoms with Gasteiger partial charge in [-0.05, 0) is 30.5 Å². The van der Waals surface area contributed by atoms with Gasteiger partial charge in [-0.25, -0.2) is 0 Å². The first-order chi connectivity index (χ1) is 13.4. The first-order valence-corrected chi connectivity index (χ1v) is 9.84. The van der Waals surface area contributed by atoms with Gasteiger partial charge in [-0.15, -0.1) is 0 Å². The molecule has 5 atom stereocenters. The quantitative estimate of drug-likeness (QED) is 0.557. The van der Waals surface area contributed by atoms with Crippen LogP contribution in [0.2, 0.25) is 0 Å². The summed E-state index contributed by atoms with van der Waals surface area (Å²) in [5.41, 5.74) is 0.298. The lowest BCUT2D eigenvalue weighted by Gasteiger charge is -2.27. The minimum absolute atomic E-state index is 0.0401. The van der Waals surface area contributed by atoms with Gasteiger partial charge in [0.1, 0.15) is 17.3 Å². The largest absolute Gasteiger partial charge is 0.497 e. The first kappa shape index (κ1) is 19.0. The van der Waals surface area contributed by atoms with E-state index in [0.29, 0.717) is 13.2 Å². The standard InChI is InChI=1S/C22H27NO5/c1-13(2)11-27-21(25)18-17-9-10-22(28-17)12-23(20(24)19(18)22)14(3)15-5-7-16(26-4)8-6-15/h5-10,13-14,17-19H,11-12H2,1-4H3/t14-,17+,18-,19-,22+/m0/s1. The van der Waals surface area contributed by atoms with Crippen LogP contribution < -0.4 is 4.74 Å². The van der Waals surface area contributed by atoms with Gasteiger partial charge in [0.15, 0.2) is 0 Å². The van der Waals surface area contributed by atoms with Gasteiger partial charge >= 0.3 is 5.97 Å². The maximum atomic E-state index is 13.3. The molecule has 0 saturated carbocycles. The highest BCUT2D eigenvalue weighted by molar-refractivity contribution is 5.91. The fourth-order valence-corrected chi connectivity index (χ4v) is 4.53. The fourth-order valence-electron chi connectivity index (χ4n) is 4.53. The molecule has 0 radical (unpaired) electrons. The Morgan fingerprint density at radius 2 is 2.00 bits per heavy atom. The highest BCUT2D eigenvalue weighted by Crippen LogP contribution is 2.53. The van der Waals surface area contributed by atoms with Gasteiger partial charge in [-0.2, -0.15) is 0 Å². The van der Waals surface area contributed by atoms with Gasteiger partial charge < -0.3 is 19.1 Å². The molecule has 3 aliphatic heterocycles. The third-order valence-electron chi connectivity index (χ3n) is 6.03. The molecule has 2 fully saturated rings. The van der Waals surface area contributed by atoms with Crippen molar-refractivity contribution in [3.63, 3.8) is 0 Å². The summed E-state index contributed by atoms with van der Waals surface area (Å²) in [5.74, 6) is -0.424. The Hall–Kier alpha value is -2.34. The minimum Gasteiger partial charge on any atom is -0.497 e. The van der Waals surface area contributed by atoms with Crippen molar-refractivity contribution >= 4 is 11.9 Å². The van der Waals surface area contributed by atoms with E-state index in [2.05, 4.69) is 0 Å². The number of benzene rings is 1. The molecule has 0 aliphatic carbocycles. The van der Waals surface area contributed by atoms with Crippen molar-refractivity contribution in [1.82, 2.24) is 4.90 Å². The third kappa shape index (κ3) is 2.91. The van der Waals surface area contributed by atoms with Crippen molar-refractivity contribution in [3.8, 4) is 5.75 Å². The third-order valence-corrected chi connectivity index (χ3v) is 6.03. The Labute approximate surface area is 165 Å². The summed E-state index contributed by atoms with van der Waals surface area (Å²) in [7, 11) is 1.63. The predicted octanol–water partition coefficient (Wildman–Crippen LogP) is 2.74. The topological polar surface area (TPSA) is 65.1 Å². The van der Waals surface area contributed by atoms with Crippen LogP contribution in [0.15, 0.2) is 36.4 Å². The summed E-state index contributed by atoms with van der Waals surface area (Å²) in [6, 6.07) is 7.58. The molecule has 4 rings (SSSR count). The number of carbonyl (C=O) groups excluding carboxylic acids is 2. The summed E-state index contributed by atoms with van der Waals surface area (Å²) in [6.07, 6.45) is 3.51. The first-order valence-electron chi connectivity index (χ1n) is 9.84. The van der Waals surface area contributed by atoms with E-state index in [-0.39, 0.29) is 29.9 Å². The van der Waals surface area contributed by atoms with Crippen molar-refractivity contribution in [3.05, 3.63) is 42.0 Å². The zero-order valence-corrected chi connectivity index (χ0v) is 16.8. The van der Waals surface area contributed by atoms with E-state index in [1.807, 2.05) is 62.1 Å². The number of likely N-dealkylation sites (tertiary alicyclic amines) is 1. The second-order valence-electron chi connectivity index (χ2n) is 8.34. The molecule has 3 heterocycles. The number of amides is 1. The summed E-state index contributed by atoms with van der Waals surface area (Å²) < 4.78 is 16.8. The van der Waals surface area contributed by atoms with Crippen molar-refractivity contribution < 1.29 is 23.8 Å². The number of fused-ring (bicyclic) bond motifs is 1. The van der Waals surface area contributed by atoms with Crippen LogP contribution in [0.5, 0.6) is 5.75 Å². The molecule has 1 amide bonds. The van der Waals surface area contributed by atoms with E-state index < -0.39 is 17.4 Å². The lowest BCUT2D eigenvalue weighted by molar-refractivity contribution is -0.155. The molecular weight excluding hydrogens is 358 g/mol. The van der Waals surface area contributed by atoms with Crippen LogP contribution in [0.1, 0.15) is 32.4 Å². The van der Waals surface area contributed by atoms with Crippen molar-refractivity contribution in [1.29, 1.82) is 0 Å². The monoisotopic (exact) mass is 385 g/mol. The van der Waals surface area contributed by atoms with Crippen LogP contribution in [-0.2, 0) is 19.1 Å². The zero-order chi connectivity index (χ0) is 20.1. The van der Waals surface area contributed by atoms with Gasteiger partial charge in [0.2, 0.25) is 5.91 Å². The van der Waals surface area contributed by atoms with Crippen LogP contribution in [0.25, 0.3) is 0 Å². The summed E-state index contributed by atoms with van der Waals surface area (Å²) in [5, 5.41) is 0. The van der Waals surface area contributed by atoms with E-state index in [4.69, 9.17) is 14.2 Å². The highest BCUT2D eigenvalue weighted by atomic mass is 16.6. The Balaban J connectivity index is 1.56. The Morgan fingerprint density at radius 3 is 2.64 bits per heavy atom. The van der Waals surface area contributed by atoms with Gasteiger partial charge in [0.25, 0.3) is 0 Å². The maximum Gasteiger partial charge on any atom is 0.312 e. The average Bonchev–Trinajstić information content (AvgIpc) is 3.34. The lowest BCUT2D eigenvalue weighted by Crippen LogP contribution is -2.40. The number of methoxy groups -OCH3 is 1. The molecule has 1 spiro atoms. The van der Waals surface area contributed by atoms with E-state index in [1.165, 1.54) is 0 Å². The van der Waals surface area contributed by atoms with Gasteiger partial charge in [-0.1, -0.05) is 38.1 Å². The lowest BCUT2D eigenvalue weighted by atomic mass is 9.77. The SMILES string of the molecule is COc1ccc([C@H](C)N2C[C@@]34C=C[C@@H](O3)[C@H](C(=O)OCC(C)C)[C@H]4C2=O)cc1. The minimum atomic E-state index is -0.718. The number of ether oxygens (including phenoxy) is 3. The molecule has 2 bridgehead atoms. The molecular formula is C22H27NO5. The fraction of sp³-hybridized carbons (Fsp3) is 0.545. The summed E-state index contributed by atoms with van der Waals surface area (Å²) >= 11 is 0. The van der Waals surface area contributed by atoms with E-state index >= 15 is 0 Å². The molecule has 150 valence electrons. The van der Waals surface area contributed by atoms with Crippen LogP contribution in [0.4, 0.5) is 0 Å². The molecule has 6 heteroatoms. The Morgan fingerprint density at radius 1 is 1.29 bits per heavy atom. The number of hydrogen-bond donors (Lipinski definition) is 0. The summed E-state index contributed by atoms with van der Waals surface area (Å²) in [6.45, 7) is 6.78. The van der Waals surface area contributed by atoms with Gasteiger partial charge in [0, 0.05) is 0 Å². The molecule has 0 aromatic heterocycles. The van der Waals surface area contributed by atoms with Crippen LogP contribution in [0.3, 0.4) is 0 Å². The highest BCUT2D eigenvalue weighted by Gasteiger charge is 2.67. The average molecular weight is 385 g/mol. The molecule has 3 aliphatic rings. The number of esters is 1. The number of carbonyl (C=O) groups is 2. The number of rotatable bonds is 6. The number of hydrogen-bond acceptors (Lipinski definition) is 5. The van der Waals surface area contributed by atoms with Crippen LogP contribution >= 0.6 is 0 Å².